The Labute approximate surface area is 169 Å². The molecule has 4 nitrogen and oxygen atoms in total. The van der Waals surface area contributed by atoms with Gasteiger partial charge in [0.25, 0.3) is 5.91 Å². The fourth-order valence-corrected chi connectivity index (χ4v) is 4.77. The first kappa shape index (κ1) is 19.3. The number of carbonyl (C=O) groups is 1. The Morgan fingerprint density at radius 1 is 0.929 bits per heavy atom. The minimum Gasteiger partial charge on any atom is -0.353 e. The minimum absolute atomic E-state index is 0.178. The van der Waals surface area contributed by atoms with Crippen LogP contribution >= 0.6 is 0 Å². The lowest BCUT2D eigenvalue weighted by Crippen LogP contribution is -2.35. The molecule has 0 aliphatic carbocycles. The molecule has 4 heteroatoms. The molecule has 2 aromatic rings. The molecule has 0 saturated carbocycles. The number of hydrogen-bond acceptors (Lipinski definition) is 2. The van der Waals surface area contributed by atoms with Crippen LogP contribution in [0.25, 0.3) is 0 Å². The standard InChI is InChI=1S/C24H33N3O/c1-25-15-8-10-22(25)23-9-4-2-7-18-27(23)24(28)21-13-11-20(12-14-21)19-26-16-5-3-6-17-26/h8,10-15,23H,2-7,9,16-19H2,1H3/t23-/m0/s1. The molecule has 1 atom stereocenters. The summed E-state index contributed by atoms with van der Waals surface area (Å²) in [5, 5.41) is 0. The van der Waals surface area contributed by atoms with Gasteiger partial charge in [-0.3, -0.25) is 9.69 Å². The van der Waals surface area contributed by atoms with Crippen LogP contribution < -0.4 is 0 Å². The lowest BCUT2D eigenvalue weighted by molar-refractivity contribution is 0.0674. The van der Waals surface area contributed by atoms with Gasteiger partial charge in [-0.25, -0.2) is 0 Å². The van der Waals surface area contributed by atoms with Crippen molar-refractivity contribution in [1.29, 1.82) is 0 Å². The number of nitrogens with zero attached hydrogens (tertiary/aromatic N) is 3. The first-order chi connectivity index (χ1) is 13.7. The van der Waals surface area contributed by atoms with Gasteiger partial charge in [0, 0.05) is 37.6 Å². The van der Waals surface area contributed by atoms with Crippen molar-refractivity contribution in [2.24, 2.45) is 7.05 Å². The molecule has 1 aromatic heterocycles. The summed E-state index contributed by atoms with van der Waals surface area (Å²) >= 11 is 0. The number of carbonyl (C=O) groups excluding carboxylic acids is 1. The van der Waals surface area contributed by atoms with Gasteiger partial charge in [-0.2, -0.15) is 0 Å². The molecule has 0 radical (unpaired) electrons. The minimum atomic E-state index is 0.178. The highest BCUT2D eigenvalue weighted by Gasteiger charge is 2.28. The van der Waals surface area contributed by atoms with Gasteiger partial charge >= 0.3 is 0 Å². The molecule has 0 unspecified atom stereocenters. The lowest BCUT2D eigenvalue weighted by atomic mass is 10.0. The monoisotopic (exact) mass is 379 g/mol. The quantitative estimate of drug-likeness (QED) is 0.766. The Hall–Kier alpha value is -2.07. The largest absolute Gasteiger partial charge is 0.353 e. The number of aryl methyl sites for hydroxylation is 1. The van der Waals surface area contributed by atoms with Gasteiger partial charge in [-0.05, 0) is 68.6 Å². The smallest absolute Gasteiger partial charge is 0.254 e. The van der Waals surface area contributed by atoms with Crippen molar-refractivity contribution in [3.8, 4) is 0 Å². The topological polar surface area (TPSA) is 28.5 Å². The summed E-state index contributed by atoms with van der Waals surface area (Å²) in [5.41, 5.74) is 3.38. The number of hydrogen-bond donors (Lipinski definition) is 0. The number of aromatic nitrogens is 1. The fourth-order valence-electron chi connectivity index (χ4n) is 4.77. The molecular formula is C24H33N3O. The maximum atomic E-state index is 13.4. The first-order valence-corrected chi connectivity index (χ1v) is 11.0. The zero-order valence-electron chi connectivity index (χ0n) is 17.1. The van der Waals surface area contributed by atoms with Crippen molar-refractivity contribution >= 4 is 5.91 Å². The van der Waals surface area contributed by atoms with E-state index in [-0.39, 0.29) is 11.9 Å². The second-order valence-electron chi connectivity index (χ2n) is 8.44. The highest BCUT2D eigenvalue weighted by Crippen LogP contribution is 2.31. The predicted molar refractivity (Wildman–Crippen MR) is 113 cm³/mol. The third kappa shape index (κ3) is 4.33. The highest BCUT2D eigenvalue weighted by molar-refractivity contribution is 5.94. The Morgan fingerprint density at radius 2 is 1.64 bits per heavy atom. The van der Waals surface area contributed by atoms with E-state index >= 15 is 0 Å². The van der Waals surface area contributed by atoms with Crippen LogP contribution in [-0.4, -0.2) is 39.9 Å². The zero-order valence-corrected chi connectivity index (χ0v) is 17.1. The summed E-state index contributed by atoms with van der Waals surface area (Å²) in [7, 11) is 2.08. The lowest BCUT2D eigenvalue weighted by Gasteiger charge is -2.31. The second kappa shape index (κ2) is 8.95. The van der Waals surface area contributed by atoms with E-state index in [1.165, 1.54) is 56.5 Å². The third-order valence-electron chi connectivity index (χ3n) is 6.39. The van der Waals surface area contributed by atoms with E-state index in [4.69, 9.17) is 0 Å². The van der Waals surface area contributed by atoms with E-state index in [1.807, 2.05) is 12.1 Å². The summed E-state index contributed by atoms with van der Waals surface area (Å²) in [6, 6.07) is 12.8. The molecule has 2 saturated heterocycles. The average molecular weight is 380 g/mol. The van der Waals surface area contributed by atoms with Gasteiger partial charge in [0.15, 0.2) is 0 Å². The van der Waals surface area contributed by atoms with Crippen LogP contribution in [0.4, 0.5) is 0 Å². The molecule has 0 N–H and O–H groups in total. The molecule has 0 spiro atoms. The van der Waals surface area contributed by atoms with E-state index in [2.05, 4.69) is 51.9 Å². The first-order valence-electron chi connectivity index (χ1n) is 11.0. The van der Waals surface area contributed by atoms with Crippen molar-refractivity contribution in [1.82, 2.24) is 14.4 Å². The van der Waals surface area contributed by atoms with Crippen molar-refractivity contribution in [2.45, 2.75) is 57.5 Å². The van der Waals surface area contributed by atoms with Crippen LogP contribution in [0.5, 0.6) is 0 Å². The zero-order chi connectivity index (χ0) is 19.3. The molecule has 0 bridgehead atoms. The maximum Gasteiger partial charge on any atom is 0.254 e. The van der Waals surface area contributed by atoms with E-state index in [1.54, 1.807) is 0 Å². The number of rotatable bonds is 4. The number of amides is 1. The Bertz CT molecular complexity index is 773. The van der Waals surface area contributed by atoms with Crippen LogP contribution in [0.15, 0.2) is 42.6 Å². The van der Waals surface area contributed by atoms with E-state index in [9.17, 15) is 4.79 Å². The van der Waals surface area contributed by atoms with Crippen molar-refractivity contribution in [2.75, 3.05) is 19.6 Å². The molecule has 3 heterocycles. The summed E-state index contributed by atoms with van der Waals surface area (Å²) in [4.78, 5) is 18.0. The predicted octanol–water partition coefficient (Wildman–Crippen LogP) is 4.77. The summed E-state index contributed by atoms with van der Waals surface area (Å²) in [6.45, 7) is 4.26. The van der Waals surface area contributed by atoms with Crippen LogP contribution in [0.2, 0.25) is 0 Å². The van der Waals surface area contributed by atoms with Crippen molar-refractivity contribution < 1.29 is 4.79 Å². The van der Waals surface area contributed by atoms with E-state index in [0.717, 1.165) is 31.5 Å². The van der Waals surface area contributed by atoms with Gasteiger partial charge in [-0.1, -0.05) is 31.4 Å². The number of benzene rings is 1. The molecule has 2 aliphatic heterocycles. The molecule has 2 fully saturated rings. The van der Waals surface area contributed by atoms with Crippen molar-refractivity contribution in [3.63, 3.8) is 0 Å². The number of piperidine rings is 1. The Balaban J connectivity index is 1.49. The van der Waals surface area contributed by atoms with Gasteiger partial charge in [-0.15, -0.1) is 0 Å². The Morgan fingerprint density at radius 3 is 2.36 bits per heavy atom. The highest BCUT2D eigenvalue weighted by atomic mass is 16.2. The molecule has 28 heavy (non-hydrogen) atoms. The van der Waals surface area contributed by atoms with Gasteiger partial charge in [0.05, 0.1) is 6.04 Å². The van der Waals surface area contributed by atoms with Gasteiger partial charge in [0.2, 0.25) is 0 Å². The number of likely N-dealkylation sites (tertiary alicyclic amines) is 2. The SMILES string of the molecule is Cn1cccc1[C@@H]1CCCCCN1C(=O)c1ccc(CN2CCCCC2)cc1. The van der Waals surface area contributed by atoms with Crippen LogP contribution in [0.1, 0.15) is 72.6 Å². The van der Waals surface area contributed by atoms with Gasteiger partial charge in [0.1, 0.15) is 0 Å². The molecule has 4 rings (SSSR count). The Kier molecular flexibility index (Phi) is 6.16. The summed E-state index contributed by atoms with van der Waals surface area (Å²) in [6.07, 6.45) is 10.6. The van der Waals surface area contributed by atoms with E-state index in [0.29, 0.717) is 0 Å². The second-order valence-corrected chi connectivity index (χ2v) is 8.44. The summed E-state index contributed by atoms with van der Waals surface area (Å²) < 4.78 is 2.16. The van der Waals surface area contributed by atoms with Crippen LogP contribution in [0.3, 0.4) is 0 Å². The molecule has 1 aromatic carbocycles. The molecule has 2 aliphatic rings. The molecule has 150 valence electrons. The van der Waals surface area contributed by atoms with Crippen LogP contribution in [0, 0.1) is 0 Å². The van der Waals surface area contributed by atoms with Crippen molar-refractivity contribution in [3.05, 3.63) is 59.4 Å². The molecule has 1 amide bonds. The molecular weight excluding hydrogens is 346 g/mol. The fraction of sp³-hybridized carbons (Fsp3) is 0.542. The maximum absolute atomic E-state index is 13.4. The average Bonchev–Trinajstić information content (AvgIpc) is 3.00. The third-order valence-corrected chi connectivity index (χ3v) is 6.39. The van der Waals surface area contributed by atoms with E-state index < -0.39 is 0 Å². The van der Waals surface area contributed by atoms with Gasteiger partial charge < -0.3 is 9.47 Å². The van der Waals surface area contributed by atoms with Crippen LogP contribution in [-0.2, 0) is 13.6 Å². The normalized spacial score (nSPS) is 21.5. The summed E-state index contributed by atoms with van der Waals surface area (Å²) in [5.74, 6) is 0.178.